The highest BCUT2D eigenvalue weighted by atomic mass is 19.1. The number of piperidine rings is 1. The highest BCUT2D eigenvalue weighted by Gasteiger charge is 2.25. The molecule has 23 heavy (non-hydrogen) atoms. The summed E-state index contributed by atoms with van der Waals surface area (Å²) in [6.07, 6.45) is 5.25. The first-order valence-electron chi connectivity index (χ1n) is 8.05. The zero-order valence-electron chi connectivity index (χ0n) is 13.0. The number of carbonyl (C=O) groups is 1. The lowest BCUT2D eigenvalue weighted by molar-refractivity contribution is 0.0914. The standard InChI is InChI=1S/C18H21FN2O2/c19-15-8-6-14(7-9-15)18(22)20-13-16(17-5-4-12-23-17)21-10-2-1-3-11-21/h4-9,12,16H,1-3,10-11,13H2,(H,20,22)/t16-/m0/s1. The summed E-state index contributed by atoms with van der Waals surface area (Å²) in [4.78, 5) is 14.6. The van der Waals surface area contributed by atoms with Gasteiger partial charge in [-0.05, 0) is 62.3 Å². The van der Waals surface area contributed by atoms with Gasteiger partial charge in [-0.15, -0.1) is 0 Å². The number of amides is 1. The molecule has 1 fully saturated rings. The highest BCUT2D eigenvalue weighted by Crippen LogP contribution is 2.24. The van der Waals surface area contributed by atoms with E-state index in [-0.39, 0.29) is 17.8 Å². The molecule has 1 aromatic heterocycles. The van der Waals surface area contributed by atoms with E-state index in [0.717, 1.165) is 18.8 Å². The van der Waals surface area contributed by atoms with E-state index in [9.17, 15) is 9.18 Å². The van der Waals surface area contributed by atoms with Crippen LogP contribution in [-0.2, 0) is 0 Å². The quantitative estimate of drug-likeness (QED) is 0.920. The second-order valence-corrected chi connectivity index (χ2v) is 5.84. The highest BCUT2D eigenvalue weighted by molar-refractivity contribution is 5.94. The van der Waals surface area contributed by atoms with Crippen LogP contribution < -0.4 is 5.32 Å². The number of nitrogens with one attached hydrogen (secondary N) is 1. The Balaban J connectivity index is 1.66. The van der Waals surface area contributed by atoms with Crippen LogP contribution in [0.4, 0.5) is 4.39 Å². The van der Waals surface area contributed by atoms with Gasteiger partial charge >= 0.3 is 0 Å². The number of hydrogen-bond acceptors (Lipinski definition) is 3. The van der Waals surface area contributed by atoms with Crippen molar-refractivity contribution in [2.45, 2.75) is 25.3 Å². The lowest BCUT2D eigenvalue weighted by Crippen LogP contribution is -2.40. The molecular weight excluding hydrogens is 295 g/mol. The van der Waals surface area contributed by atoms with Crippen LogP contribution in [0.3, 0.4) is 0 Å². The minimum absolute atomic E-state index is 0.0368. The fraction of sp³-hybridized carbons (Fsp3) is 0.389. The van der Waals surface area contributed by atoms with E-state index in [1.165, 1.54) is 43.5 Å². The molecule has 1 N–H and O–H groups in total. The van der Waals surface area contributed by atoms with Crippen LogP contribution >= 0.6 is 0 Å². The molecule has 1 atom stereocenters. The maximum Gasteiger partial charge on any atom is 0.251 e. The summed E-state index contributed by atoms with van der Waals surface area (Å²) in [6.45, 7) is 2.50. The molecule has 0 unspecified atom stereocenters. The average Bonchev–Trinajstić information content (AvgIpc) is 3.11. The molecule has 1 aliphatic rings. The normalized spacial score (nSPS) is 16.9. The molecule has 2 aromatic rings. The number of benzene rings is 1. The number of furan rings is 1. The number of hydrogen-bond donors (Lipinski definition) is 1. The Labute approximate surface area is 135 Å². The van der Waals surface area contributed by atoms with E-state index in [1.807, 2.05) is 12.1 Å². The summed E-state index contributed by atoms with van der Waals surface area (Å²) in [6, 6.07) is 9.43. The van der Waals surface area contributed by atoms with Gasteiger partial charge in [0.2, 0.25) is 0 Å². The molecular formula is C18H21FN2O2. The monoisotopic (exact) mass is 316 g/mol. The van der Waals surface area contributed by atoms with Crippen molar-refractivity contribution in [1.82, 2.24) is 10.2 Å². The van der Waals surface area contributed by atoms with E-state index in [4.69, 9.17) is 4.42 Å². The van der Waals surface area contributed by atoms with Crippen LogP contribution in [-0.4, -0.2) is 30.4 Å². The number of rotatable bonds is 5. The van der Waals surface area contributed by atoms with Crippen LogP contribution in [0.15, 0.2) is 47.1 Å². The predicted octanol–water partition coefficient (Wildman–Crippen LogP) is 3.38. The van der Waals surface area contributed by atoms with Gasteiger partial charge in [0.25, 0.3) is 5.91 Å². The summed E-state index contributed by atoms with van der Waals surface area (Å²) < 4.78 is 18.5. The molecule has 0 radical (unpaired) electrons. The van der Waals surface area contributed by atoms with Gasteiger partial charge in [0, 0.05) is 12.1 Å². The molecule has 2 heterocycles. The summed E-state index contributed by atoms with van der Waals surface area (Å²) in [5.41, 5.74) is 0.461. The molecule has 1 aromatic carbocycles. The number of nitrogens with zero attached hydrogens (tertiary/aromatic N) is 1. The molecule has 122 valence electrons. The molecule has 0 spiro atoms. The molecule has 0 bridgehead atoms. The van der Waals surface area contributed by atoms with Gasteiger partial charge in [-0.3, -0.25) is 9.69 Å². The number of likely N-dealkylation sites (tertiary alicyclic amines) is 1. The van der Waals surface area contributed by atoms with Crippen LogP contribution in [0.1, 0.15) is 41.4 Å². The lowest BCUT2D eigenvalue weighted by atomic mass is 10.1. The molecule has 1 aliphatic heterocycles. The van der Waals surface area contributed by atoms with E-state index in [2.05, 4.69) is 10.2 Å². The lowest BCUT2D eigenvalue weighted by Gasteiger charge is -2.33. The Morgan fingerprint density at radius 3 is 2.57 bits per heavy atom. The summed E-state index contributed by atoms with van der Waals surface area (Å²) >= 11 is 0. The van der Waals surface area contributed by atoms with E-state index in [0.29, 0.717) is 12.1 Å². The minimum atomic E-state index is -0.344. The van der Waals surface area contributed by atoms with Crippen LogP contribution in [0.5, 0.6) is 0 Å². The first-order chi connectivity index (χ1) is 11.2. The SMILES string of the molecule is O=C(NC[C@@H](c1ccco1)N1CCCCC1)c1ccc(F)cc1. The van der Waals surface area contributed by atoms with E-state index >= 15 is 0 Å². The van der Waals surface area contributed by atoms with Crippen LogP contribution in [0, 0.1) is 5.82 Å². The first kappa shape index (κ1) is 15.7. The van der Waals surface area contributed by atoms with Crippen LogP contribution in [0.25, 0.3) is 0 Å². The smallest absolute Gasteiger partial charge is 0.251 e. The van der Waals surface area contributed by atoms with Gasteiger partial charge in [-0.25, -0.2) is 4.39 Å². The molecule has 1 saturated heterocycles. The minimum Gasteiger partial charge on any atom is -0.468 e. The summed E-state index contributed by atoms with van der Waals surface area (Å²) in [7, 11) is 0. The van der Waals surface area contributed by atoms with Crippen molar-refractivity contribution in [3.8, 4) is 0 Å². The molecule has 0 aliphatic carbocycles. The molecule has 3 rings (SSSR count). The van der Waals surface area contributed by atoms with E-state index in [1.54, 1.807) is 6.26 Å². The third-order valence-electron chi connectivity index (χ3n) is 4.27. The first-order valence-corrected chi connectivity index (χ1v) is 8.05. The van der Waals surface area contributed by atoms with Gasteiger partial charge in [-0.1, -0.05) is 6.42 Å². The fourth-order valence-corrected chi connectivity index (χ4v) is 3.01. The Hall–Kier alpha value is -2.14. The second kappa shape index (κ2) is 7.42. The maximum absolute atomic E-state index is 12.9. The van der Waals surface area contributed by atoms with Crippen molar-refractivity contribution in [3.63, 3.8) is 0 Å². The van der Waals surface area contributed by atoms with Crippen molar-refractivity contribution in [2.75, 3.05) is 19.6 Å². The zero-order valence-corrected chi connectivity index (χ0v) is 13.0. The number of carbonyl (C=O) groups excluding carboxylic acids is 1. The second-order valence-electron chi connectivity index (χ2n) is 5.84. The van der Waals surface area contributed by atoms with Gasteiger partial charge in [0.05, 0.1) is 12.3 Å². The fourth-order valence-electron chi connectivity index (χ4n) is 3.01. The third-order valence-corrected chi connectivity index (χ3v) is 4.27. The van der Waals surface area contributed by atoms with Crippen molar-refractivity contribution >= 4 is 5.91 Å². The van der Waals surface area contributed by atoms with Gasteiger partial charge in [0.1, 0.15) is 11.6 Å². The van der Waals surface area contributed by atoms with Gasteiger partial charge < -0.3 is 9.73 Å². The van der Waals surface area contributed by atoms with Gasteiger partial charge in [-0.2, -0.15) is 0 Å². The topological polar surface area (TPSA) is 45.5 Å². The van der Waals surface area contributed by atoms with Gasteiger partial charge in [0.15, 0.2) is 0 Å². The van der Waals surface area contributed by atoms with E-state index < -0.39 is 0 Å². The zero-order chi connectivity index (χ0) is 16.1. The predicted molar refractivity (Wildman–Crippen MR) is 85.6 cm³/mol. The number of halogens is 1. The van der Waals surface area contributed by atoms with Crippen molar-refractivity contribution in [2.24, 2.45) is 0 Å². The third kappa shape index (κ3) is 3.99. The summed E-state index contributed by atoms with van der Waals surface area (Å²) in [5.74, 6) is 0.327. The molecule has 0 saturated carbocycles. The Morgan fingerprint density at radius 2 is 1.91 bits per heavy atom. The Kier molecular flexibility index (Phi) is 5.08. The van der Waals surface area contributed by atoms with Crippen molar-refractivity contribution < 1.29 is 13.6 Å². The molecule has 1 amide bonds. The largest absolute Gasteiger partial charge is 0.468 e. The maximum atomic E-state index is 12.9. The van der Waals surface area contributed by atoms with Crippen molar-refractivity contribution in [3.05, 3.63) is 59.8 Å². The van der Waals surface area contributed by atoms with Crippen LogP contribution in [0.2, 0.25) is 0 Å². The summed E-state index contributed by atoms with van der Waals surface area (Å²) in [5, 5.41) is 2.94. The molecule has 4 nitrogen and oxygen atoms in total. The Bertz CT molecular complexity index is 619. The van der Waals surface area contributed by atoms with Crippen molar-refractivity contribution in [1.29, 1.82) is 0 Å². The Morgan fingerprint density at radius 1 is 1.17 bits per heavy atom. The average molecular weight is 316 g/mol. The molecule has 5 heteroatoms.